The highest BCUT2D eigenvalue weighted by Gasteiger charge is 2.24. The van der Waals surface area contributed by atoms with E-state index in [1.165, 1.54) is 30.4 Å². The van der Waals surface area contributed by atoms with Crippen molar-refractivity contribution in [2.75, 3.05) is 6.54 Å². The molecule has 18 heavy (non-hydrogen) atoms. The van der Waals surface area contributed by atoms with E-state index in [1.807, 2.05) is 12.1 Å². The summed E-state index contributed by atoms with van der Waals surface area (Å²) < 4.78 is 0. The maximum atomic E-state index is 6.00. The van der Waals surface area contributed by atoms with Gasteiger partial charge in [0.15, 0.2) is 0 Å². The number of hydrogen-bond acceptors (Lipinski definition) is 2. The van der Waals surface area contributed by atoms with Gasteiger partial charge in [-0.05, 0) is 55.4 Å². The summed E-state index contributed by atoms with van der Waals surface area (Å²) in [5.41, 5.74) is 8.43. The van der Waals surface area contributed by atoms with Crippen LogP contribution >= 0.6 is 11.6 Å². The number of hydrogen-bond donors (Lipinski definition) is 2. The Bertz CT molecular complexity index is 405. The fraction of sp³-hybridized carbons (Fsp3) is 0.600. The summed E-state index contributed by atoms with van der Waals surface area (Å²) in [5.74, 6) is 0.840. The summed E-state index contributed by atoms with van der Waals surface area (Å²) in [6.07, 6.45) is 3.86. The lowest BCUT2D eigenvalue weighted by atomic mass is 10.00. The molecule has 1 aromatic rings. The van der Waals surface area contributed by atoms with Crippen molar-refractivity contribution in [1.82, 2.24) is 5.32 Å². The van der Waals surface area contributed by atoms with Crippen molar-refractivity contribution in [3.63, 3.8) is 0 Å². The van der Waals surface area contributed by atoms with E-state index in [0.717, 1.165) is 10.9 Å². The fourth-order valence-electron chi connectivity index (χ4n) is 2.96. The van der Waals surface area contributed by atoms with Gasteiger partial charge in [0, 0.05) is 23.7 Å². The molecule has 1 aromatic carbocycles. The van der Waals surface area contributed by atoms with E-state index in [2.05, 4.69) is 25.2 Å². The second-order valence-electron chi connectivity index (χ2n) is 5.57. The Labute approximate surface area is 115 Å². The number of rotatable bonds is 4. The summed E-state index contributed by atoms with van der Waals surface area (Å²) in [6, 6.07) is 6.92. The van der Waals surface area contributed by atoms with Crippen molar-refractivity contribution in [3.05, 3.63) is 34.3 Å². The molecule has 0 amide bonds. The Morgan fingerprint density at radius 1 is 1.44 bits per heavy atom. The molecule has 0 radical (unpaired) electrons. The van der Waals surface area contributed by atoms with Gasteiger partial charge in [-0.25, -0.2) is 0 Å². The van der Waals surface area contributed by atoms with Crippen LogP contribution in [0.4, 0.5) is 0 Å². The van der Waals surface area contributed by atoms with Gasteiger partial charge in [-0.1, -0.05) is 24.6 Å². The van der Waals surface area contributed by atoms with Gasteiger partial charge < -0.3 is 11.1 Å². The van der Waals surface area contributed by atoms with Crippen LogP contribution in [0.5, 0.6) is 0 Å². The second kappa shape index (κ2) is 6.05. The number of nitrogens with two attached hydrogens (primary N) is 1. The van der Waals surface area contributed by atoms with Gasteiger partial charge in [0.25, 0.3) is 0 Å². The highest BCUT2D eigenvalue weighted by atomic mass is 35.5. The van der Waals surface area contributed by atoms with E-state index >= 15 is 0 Å². The molecule has 1 fully saturated rings. The zero-order valence-corrected chi connectivity index (χ0v) is 12.0. The van der Waals surface area contributed by atoms with E-state index in [1.54, 1.807) is 0 Å². The minimum atomic E-state index is 0.248. The first kappa shape index (κ1) is 13.9. The number of benzene rings is 1. The lowest BCUT2D eigenvalue weighted by molar-refractivity contribution is 0.433. The molecule has 3 unspecified atom stereocenters. The Morgan fingerprint density at radius 2 is 2.22 bits per heavy atom. The average Bonchev–Trinajstić information content (AvgIpc) is 2.72. The Kier molecular flexibility index (Phi) is 4.66. The zero-order valence-electron chi connectivity index (χ0n) is 11.2. The molecule has 0 heterocycles. The molecule has 3 atom stereocenters. The zero-order chi connectivity index (χ0) is 13.1. The standard InChI is InChI=1S/C15H23ClN2/c1-10-3-5-13(7-10)18-15(9-17)14-6-4-12(16)8-11(14)2/h4,6,8,10,13,15,18H,3,5,7,9,17H2,1-2H3. The highest BCUT2D eigenvalue weighted by Crippen LogP contribution is 2.28. The predicted octanol–water partition coefficient (Wildman–Crippen LogP) is 3.43. The van der Waals surface area contributed by atoms with Crippen LogP contribution in [0.25, 0.3) is 0 Å². The van der Waals surface area contributed by atoms with Gasteiger partial charge in [-0.2, -0.15) is 0 Å². The summed E-state index contributed by atoms with van der Waals surface area (Å²) in [5, 5.41) is 4.50. The van der Waals surface area contributed by atoms with Crippen LogP contribution in [0.2, 0.25) is 5.02 Å². The van der Waals surface area contributed by atoms with Crippen LogP contribution in [-0.4, -0.2) is 12.6 Å². The third kappa shape index (κ3) is 3.25. The topological polar surface area (TPSA) is 38.0 Å². The highest BCUT2D eigenvalue weighted by molar-refractivity contribution is 6.30. The van der Waals surface area contributed by atoms with E-state index < -0.39 is 0 Å². The van der Waals surface area contributed by atoms with Crippen LogP contribution in [0.3, 0.4) is 0 Å². The molecule has 100 valence electrons. The molecule has 2 nitrogen and oxygen atoms in total. The van der Waals surface area contributed by atoms with Crippen LogP contribution in [0.15, 0.2) is 18.2 Å². The van der Waals surface area contributed by atoms with Crippen molar-refractivity contribution in [2.24, 2.45) is 11.7 Å². The van der Waals surface area contributed by atoms with Crippen LogP contribution in [0.1, 0.15) is 43.4 Å². The first-order chi connectivity index (χ1) is 8.60. The maximum absolute atomic E-state index is 6.00. The first-order valence-corrected chi connectivity index (χ1v) is 7.20. The predicted molar refractivity (Wildman–Crippen MR) is 77.9 cm³/mol. The van der Waals surface area contributed by atoms with Crippen LogP contribution in [-0.2, 0) is 0 Å². The molecule has 1 aliphatic carbocycles. The molecule has 0 saturated heterocycles. The molecular weight excluding hydrogens is 244 g/mol. The normalized spacial score (nSPS) is 25.3. The fourth-order valence-corrected chi connectivity index (χ4v) is 3.18. The van der Waals surface area contributed by atoms with E-state index in [9.17, 15) is 0 Å². The average molecular weight is 267 g/mol. The molecule has 0 spiro atoms. The van der Waals surface area contributed by atoms with E-state index in [0.29, 0.717) is 12.6 Å². The number of aryl methyl sites for hydroxylation is 1. The van der Waals surface area contributed by atoms with Gasteiger partial charge in [0.05, 0.1) is 0 Å². The lowest BCUT2D eigenvalue weighted by Crippen LogP contribution is -2.35. The molecule has 1 aliphatic rings. The summed E-state index contributed by atoms with van der Waals surface area (Å²) in [4.78, 5) is 0. The summed E-state index contributed by atoms with van der Waals surface area (Å²) in [7, 11) is 0. The monoisotopic (exact) mass is 266 g/mol. The summed E-state index contributed by atoms with van der Waals surface area (Å²) in [6.45, 7) is 5.06. The smallest absolute Gasteiger partial charge is 0.0449 e. The van der Waals surface area contributed by atoms with Gasteiger partial charge in [-0.15, -0.1) is 0 Å². The Hall–Kier alpha value is -0.570. The quantitative estimate of drug-likeness (QED) is 0.876. The van der Waals surface area contributed by atoms with Gasteiger partial charge >= 0.3 is 0 Å². The van der Waals surface area contributed by atoms with Crippen molar-refractivity contribution in [2.45, 2.75) is 45.2 Å². The van der Waals surface area contributed by atoms with Crippen molar-refractivity contribution < 1.29 is 0 Å². The number of nitrogens with one attached hydrogen (secondary N) is 1. The third-order valence-corrected chi connectivity index (χ3v) is 4.21. The van der Waals surface area contributed by atoms with Crippen molar-refractivity contribution >= 4 is 11.6 Å². The van der Waals surface area contributed by atoms with E-state index in [4.69, 9.17) is 17.3 Å². The van der Waals surface area contributed by atoms with Crippen LogP contribution in [0, 0.1) is 12.8 Å². The van der Waals surface area contributed by atoms with Crippen molar-refractivity contribution in [1.29, 1.82) is 0 Å². The van der Waals surface area contributed by atoms with Crippen LogP contribution < -0.4 is 11.1 Å². The second-order valence-corrected chi connectivity index (χ2v) is 6.01. The minimum absolute atomic E-state index is 0.248. The molecule has 0 bridgehead atoms. The first-order valence-electron chi connectivity index (χ1n) is 6.82. The molecule has 2 rings (SSSR count). The number of halogens is 1. The molecule has 3 N–H and O–H groups in total. The SMILES string of the molecule is Cc1cc(Cl)ccc1C(CN)NC1CCC(C)C1. The Balaban J connectivity index is 2.08. The largest absolute Gasteiger partial charge is 0.329 e. The maximum Gasteiger partial charge on any atom is 0.0449 e. The molecule has 1 saturated carbocycles. The van der Waals surface area contributed by atoms with Gasteiger partial charge in [0.1, 0.15) is 0 Å². The van der Waals surface area contributed by atoms with E-state index in [-0.39, 0.29) is 6.04 Å². The molecule has 3 heteroatoms. The van der Waals surface area contributed by atoms with Crippen molar-refractivity contribution in [3.8, 4) is 0 Å². The summed E-state index contributed by atoms with van der Waals surface area (Å²) >= 11 is 6.00. The molecular formula is C15H23ClN2. The van der Waals surface area contributed by atoms with Gasteiger partial charge in [-0.3, -0.25) is 0 Å². The molecule has 0 aromatic heterocycles. The Morgan fingerprint density at radius 3 is 2.78 bits per heavy atom. The third-order valence-electron chi connectivity index (χ3n) is 3.97. The molecule has 0 aliphatic heterocycles. The minimum Gasteiger partial charge on any atom is -0.329 e. The lowest BCUT2D eigenvalue weighted by Gasteiger charge is -2.24. The van der Waals surface area contributed by atoms with Gasteiger partial charge in [0.2, 0.25) is 0 Å².